The number of rotatable bonds is 7. The van der Waals surface area contributed by atoms with E-state index in [1.807, 2.05) is 32.0 Å². The third kappa shape index (κ3) is 5.78. The second-order valence-corrected chi connectivity index (χ2v) is 8.41. The van der Waals surface area contributed by atoms with Gasteiger partial charge in [-0.05, 0) is 73.0 Å². The van der Waals surface area contributed by atoms with Gasteiger partial charge in [0, 0.05) is 12.3 Å². The maximum absolute atomic E-state index is 12.4. The quantitative estimate of drug-likeness (QED) is 0.586. The predicted molar refractivity (Wildman–Crippen MR) is 115 cm³/mol. The minimum absolute atomic E-state index is 0.0572. The van der Waals surface area contributed by atoms with Gasteiger partial charge >= 0.3 is 0 Å². The Balaban J connectivity index is 1.58. The van der Waals surface area contributed by atoms with Crippen molar-refractivity contribution < 1.29 is 17.9 Å². The predicted octanol–water partition coefficient (Wildman–Crippen LogP) is 3.80. The van der Waals surface area contributed by atoms with Crippen molar-refractivity contribution in [3.8, 4) is 5.75 Å². The van der Waals surface area contributed by atoms with Crippen molar-refractivity contribution in [3.05, 3.63) is 95.3 Å². The summed E-state index contributed by atoms with van der Waals surface area (Å²) in [4.78, 5) is 16.3. The van der Waals surface area contributed by atoms with E-state index in [1.165, 1.54) is 18.2 Å². The molecular weight excluding hydrogens is 400 g/mol. The molecule has 6 nitrogen and oxygen atoms in total. The minimum atomic E-state index is -3.92. The van der Waals surface area contributed by atoms with Crippen LogP contribution >= 0.6 is 0 Å². The van der Waals surface area contributed by atoms with E-state index in [-0.39, 0.29) is 4.90 Å². The molecule has 0 saturated carbocycles. The number of carbonyl (C=O) groups is 1. The lowest BCUT2D eigenvalue weighted by Gasteiger charge is -2.07. The average Bonchev–Trinajstić information content (AvgIpc) is 2.74. The van der Waals surface area contributed by atoms with Crippen molar-refractivity contribution in [2.24, 2.45) is 0 Å². The van der Waals surface area contributed by atoms with Gasteiger partial charge in [0.15, 0.2) is 0 Å². The normalized spacial score (nSPS) is 11.4. The highest BCUT2D eigenvalue weighted by atomic mass is 32.2. The molecule has 0 fully saturated rings. The largest absolute Gasteiger partial charge is 0.487 e. The van der Waals surface area contributed by atoms with Gasteiger partial charge in [-0.2, -0.15) is 0 Å². The van der Waals surface area contributed by atoms with Gasteiger partial charge in [-0.25, -0.2) is 13.1 Å². The van der Waals surface area contributed by atoms with Crippen LogP contribution in [-0.2, 0) is 21.4 Å². The molecule has 0 unspecified atom stereocenters. The first-order valence-corrected chi connectivity index (χ1v) is 10.8. The molecule has 0 aliphatic rings. The summed E-state index contributed by atoms with van der Waals surface area (Å²) in [5.41, 5.74) is 3.38. The number of hydrogen-bond donors (Lipinski definition) is 1. The Labute approximate surface area is 176 Å². The van der Waals surface area contributed by atoms with Crippen LogP contribution in [0.1, 0.15) is 22.4 Å². The number of pyridine rings is 1. The molecule has 1 N–H and O–H groups in total. The molecule has 3 aromatic rings. The molecule has 1 heterocycles. The third-order valence-electron chi connectivity index (χ3n) is 4.44. The fraction of sp³-hybridized carbons (Fsp3) is 0.130. The fourth-order valence-corrected chi connectivity index (χ4v) is 3.62. The van der Waals surface area contributed by atoms with Crippen molar-refractivity contribution in [3.63, 3.8) is 0 Å². The van der Waals surface area contributed by atoms with Gasteiger partial charge in [0.05, 0.1) is 10.6 Å². The van der Waals surface area contributed by atoms with Gasteiger partial charge in [0.1, 0.15) is 12.4 Å². The van der Waals surface area contributed by atoms with Crippen LogP contribution in [0.4, 0.5) is 0 Å². The average molecular weight is 423 g/mol. The zero-order valence-corrected chi connectivity index (χ0v) is 17.5. The number of sulfonamides is 1. The Morgan fingerprint density at radius 3 is 2.47 bits per heavy atom. The van der Waals surface area contributed by atoms with Crippen LogP contribution in [0.3, 0.4) is 0 Å². The maximum Gasteiger partial charge on any atom is 0.264 e. The summed E-state index contributed by atoms with van der Waals surface area (Å²) in [6.07, 6.45) is 4.42. The molecule has 0 atom stereocenters. The molecule has 154 valence electrons. The highest BCUT2D eigenvalue weighted by Crippen LogP contribution is 2.16. The Bertz CT molecular complexity index is 1160. The summed E-state index contributed by atoms with van der Waals surface area (Å²) >= 11 is 0. The van der Waals surface area contributed by atoms with Crippen LogP contribution in [-0.4, -0.2) is 19.3 Å². The lowest BCUT2D eigenvalue weighted by molar-refractivity contribution is -0.114. The first-order chi connectivity index (χ1) is 14.3. The minimum Gasteiger partial charge on any atom is -0.487 e. The van der Waals surface area contributed by atoms with Gasteiger partial charge < -0.3 is 4.74 Å². The Hall–Kier alpha value is -3.45. The van der Waals surface area contributed by atoms with E-state index in [0.29, 0.717) is 12.4 Å². The van der Waals surface area contributed by atoms with Crippen LogP contribution < -0.4 is 9.46 Å². The number of aryl methyl sites for hydroxylation is 2. The Kier molecular flexibility index (Phi) is 6.64. The van der Waals surface area contributed by atoms with E-state index >= 15 is 0 Å². The molecule has 3 rings (SSSR count). The highest BCUT2D eigenvalue weighted by molar-refractivity contribution is 7.90. The Morgan fingerprint density at radius 1 is 1.03 bits per heavy atom. The molecule has 0 aliphatic heterocycles. The molecule has 2 aromatic carbocycles. The lowest BCUT2D eigenvalue weighted by Crippen LogP contribution is -2.29. The molecule has 1 amide bonds. The van der Waals surface area contributed by atoms with Crippen molar-refractivity contribution in [1.29, 1.82) is 0 Å². The van der Waals surface area contributed by atoms with Crippen molar-refractivity contribution in [2.75, 3.05) is 0 Å². The number of nitrogens with one attached hydrogen (secondary N) is 1. The molecule has 0 radical (unpaired) electrons. The molecule has 30 heavy (non-hydrogen) atoms. The van der Waals surface area contributed by atoms with Crippen LogP contribution in [0.5, 0.6) is 5.75 Å². The van der Waals surface area contributed by atoms with E-state index in [2.05, 4.69) is 9.71 Å². The molecule has 1 aromatic heterocycles. The molecule has 7 heteroatoms. The summed E-state index contributed by atoms with van der Waals surface area (Å²) in [6, 6.07) is 17.4. The van der Waals surface area contributed by atoms with Gasteiger partial charge in [-0.1, -0.05) is 24.3 Å². The van der Waals surface area contributed by atoms with Crippen molar-refractivity contribution >= 4 is 22.0 Å². The Morgan fingerprint density at radius 2 is 1.80 bits per heavy atom. The monoisotopic (exact) mass is 422 g/mol. The van der Waals surface area contributed by atoms with Gasteiger partial charge in [-0.3, -0.25) is 9.78 Å². The summed E-state index contributed by atoms with van der Waals surface area (Å²) in [5, 5.41) is 0. The van der Waals surface area contributed by atoms with Crippen molar-refractivity contribution in [1.82, 2.24) is 9.71 Å². The van der Waals surface area contributed by atoms with Crippen LogP contribution in [0.25, 0.3) is 6.08 Å². The van der Waals surface area contributed by atoms with E-state index in [4.69, 9.17) is 4.74 Å². The fourth-order valence-electron chi connectivity index (χ4n) is 2.59. The zero-order chi connectivity index (χ0) is 21.6. The number of nitrogens with zero attached hydrogens (tertiary/aromatic N) is 1. The third-order valence-corrected chi connectivity index (χ3v) is 5.79. The second kappa shape index (κ2) is 9.37. The smallest absolute Gasteiger partial charge is 0.264 e. The van der Waals surface area contributed by atoms with Crippen molar-refractivity contribution in [2.45, 2.75) is 25.3 Å². The number of ether oxygens (including phenoxy) is 1. The van der Waals surface area contributed by atoms with Gasteiger partial charge in [-0.15, -0.1) is 0 Å². The maximum atomic E-state index is 12.4. The van der Waals surface area contributed by atoms with E-state index in [0.717, 1.165) is 22.4 Å². The SMILES string of the molecule is Cc1ccc(S(=O)(=O)NC(=O)/C=C/c2ccc(OCc3ccccn3)cc2)cc1C. The van der Waals surface area contributed by atoms with Crippen LogP contribution in [0.2, 0.25) is 0 Å². The highest BCUT2D eigenvalue weighted by Gasteiger charge is 2.16. The topological polar surface area (TPSA) is 85.4 Å². The zero-order valence-electron chi connectivity index (χ0n) is 16.7. The molecular formula is C23H22N2O4S. The first kappa shape index (κ1) is 21.3. The summed E-state index contributed by atoms with van der Waals surface area (Å²) in [6.45, 7) is 4.07. The lowest BCUT2D eigenvalue weighted by atomic mass is 10.1. The summed E-state index contributed by atoms with van der Waals surface area (Å²) < 4.78 is 32.4. The standard InChI is InChI=1S/C23H22N2O4S/c1-17-6-12-22(15-18(17)2)30(27,28)25-23(26)13-9-19-7-10-21(11-8-19)29-16-20-5-3-4-14-24-20/h3-15H,16H2,1-2H3,(H,25,26)/b13-9+. The summed E-state index contributed by atoms with van der Waals surface area (Å²) in [7, 11) is -3.92. The van der Waals surface area contributed by atoms with E-state index in [9.17, 15) is 13.2 Å². The number of amides is 1. The second-order valence-electron chi connectivity index (χ2n) is 6.73. The van der Waals surface area contributed by atoms with E-state index in [1.54, 1.807) is 42.6 Å². The first-order valence-electron chi connectivity index (χ1n) is 9.28. The molecule has 0 aliphatic carbocycles. The van der Waals surface area contributed by atoms with Gasteiger partial charge in [0.2, 0.25) is 0 Å². The number of aromatic nitrogens is 1. The molecule has 0 saturated heterocycles. The van der Waals surface area contributed by atoms with Crippen LogP contribution in [0, 0.1) is 13.8 Å². The number of benzene rings is 2. The van der Waals surface area contributed by atoms with E-state index < -0.39 is 15.9 Å². The van der Waals surface area contributed by atoms with Gasteiger partial charge in [0.25, 0.3) is 15.9 Å². The molecule has 0 spiro atoms. The van der Waals surface area contributed by atoms with Crippen LogP contribution in [0.15, 0.2) is 77.8 Å². The number of hydrogen-bond acceptors (Lipinski definition) is 5. The molecule has 0 bridgehead atoms. The number of carbonyl (C=O) groups excluding carboxylic acids is 1. The summed E-state index contributed by atoms with van der Waals surface area (Å²) in [5.74, 6) is -0.0525.